The van der Waals surface area contributed by atoms with Crippen LogP contribution in [0.25, 0.3) is 0 Å². The first-order valence-corrected chi connectivity index (χ1v) is 4.73. The molecule has 2 amide bonds. The van der Waals surface area contributed by atoms with Gasteiger partial charge in [-0.05, 0) is 13.0 Å². The van der Waals surface area contributed by atoms with E-state index < -0.39 is 6.04 Å². The lowest BCUT2D eigenvalue weighted by Crippen LogP contribution is -2.31. The predicted molar refractivity (Wildman–Crippen MR) is 56.5 cm³/mol. The van der Waals surface area contributed by atoms with Gasteiger partial charge in [-0.15, -0.1) is 0 Å². The minimum Gasteiger partial charge on any atom is -0.343 e. The van der Waals surface area contributed by atoms with E-state index in [1.807, 2.05) is 25.1 Å². The smallest absolute Gasteiger partial charge is 0.254 e. The quantitative estimate of drug-likeness (QED) is 0.723. The average molecular weight is 204 g/mol. The Hall–Kier alpha value is -1.84. The van der Waals surface area contributed by atoms with Gasteiger partial charge in [0.2, 0.25) is 6.41 Å². The number of rotatable bonds is 2. The fourth-order valence-electron chi connectivity index (χ4n) is 1.89. The van der Waals surface area contributed by atoms with Gasteiger partial charge < -0.3 is 10.2 Å². The number of aryl methyl sites for hydroxylation is 1. The number of hydrogen-bond donors (Lipinski definition) is 1. The van der Waals surface area contributed by atoms with Crippen molar-refractivity contribution < 1.29 is 9.59 Å². The molecular formula is C11H12N2O2. The molecule has 0 saturated heterocycles. The fourth-order valence-corrected chi connectivity index (χ4v) is 1.89. The predicted octanol–water partition coefficient (Wildman–Crippen LogP) is 0.759. The van der Waals surface area contributed by atoms with Gasteiger partial charge in [0.05, 0.1) is 0 Å². The Bertz CT molecular complexity index is 429. The van der Waals surface area contributed by atoms with Gasteiger partial charge >= 0.3 is 0 Å². The highest BCUT2D eigenvalue weighted by Crippen LogP contribution is 2.34. The van der Waals surface area contributed by atoms with Crippen LogP contribution in [0.15, 0.2) is 18.2 Å². The van der Waals surface area contributed by atoms with Crippen molar-refractivity contribution in [2.45, 2.75) is 13.0 Å². The molecule has 0 aromatic heterocycles. The van der Waals surface area contributed by atoms with E-state index in [4.69, 9.17) is 0 Å². The Balaban J connectivity index is 2.51. The van der Waals surface area contributed by atoms with E-state index in [0.717, 1.165) is 16.8 Å². The highest BCUT2D eigenvalue weighted by atomic mass is 16.2. The Labute approximate surface area is 87.9 Å². The summed E-state index contributed by atoms with van der Waals surface area (Å²) in [5.41, 5.74) is 2.81. The number of nitrogens with one attached hydrogen (secondary N) is 1. The van der Waals surface area contributed by atoms with Crippen molar-refractivity contribution in [2.75, 3.05) is 11.9 Å². The topological polar surface area (TPSA) is 49.4 Å². The summed E-state index contributed by atoms with van der Waals surface area (Å²) in [4.78, 5) is 23.8. The Morgan fingerprint density at radius 1 is 1.47 bits per heavy atom. The minimum atomic E-state index is -0.526. The van der Waals surface area contributed by atoms with Crippen LogP contribution >= 0.6 is 0 Å². The number of anilines is 1. The minimum absolute atomic E-state index is 0.0947. The Morgan fingerprint density at radius 2 is 2.20 bits per heavy atom. The van der Waals surface area contributed by atoms with Gasteiger partial charge in [0.1, 0.15) is 6.04 Å². The zero-order valence-electron chi connectivity index (χ0n) is 8.65. The zero-order valence-corrected chi connectivity index (χ0v) is 8.65. The number of benzene rings is 1. The number of likely N-dealkylation sites (N-methyl/N-ethyl adjacent to an activating group) is 1. The molecule has 1 N–H and O–H groups in total. The lowest BCUT2D eigenvalue weighted by atomic mass is 10.1. The van der Waals surface area contributed by atoms with Crippen LogP contribution in [0.3, 0.4) is 0 Å². The van der Waals surface area contributed by atoms with Gasteiger partial charge in [-0.1, -0.05) is 17.7 Å². The maximum atomic E-state index is 11.8. The zero-order chi connectivity index (χ0) is 11.0. The van der Waals surface area contributed by atoms with Gasteiger partial charge in [-0.2, -0.15) is 0 Å². The van der Waals surface area contributed by atoms with Crippen LogP contribution in [0.1, 0.15) is 17.2 Å². The van der Waals surface area contributed by atoms with Crippen molar-refractivity contribution in [1.29, 1.82) is 0 Å². The van der Waals surface area contributed by atoms with Crippen molar-refractivity contribution in [3.63, 3.8) is 0 Å². The van der Waals surface area contributed by atoms with Crippen LogP contribution in [0.4, 0.5) is 5.69 Å². The molecule has 1 atom stereocenters. The van der Waals surface area contributed by atoms with Crippen LogP contribution in [-0.2, 0) is 9.59 Å². The average Bonchev–Trinajstić information content (AvgIpc) is 2.44. The molecule has 0 fully saturated rings. The standard InChI is InChI=1S/C11H12N2O2/c1-7-3-4-9-8(5-7)10(12-6-14)11(15)13(9)2/h3-6,10H,1-2H3,(H,12,14). The van der Waals surface area contributed by atoms with Crippen molar-refractivity contribution in [1.82, 2.24) is 5.32 Å². The monoisotopic (exact) mass is 204 g/mol. The molecule has 78 valence electrons. The number of amides is 2. The molecule has 4 nitrogen and oxygen atoms in total. The first kappa shape index (κ1) is 9.71. The number of carbonyl (C=O) groups is 2. The molecule has 1 unspecified atom stereocenters. The van der Waals surface area contributed by atoms with Crippen molar-refractivity contribution in [2.24, 2.45) is 0 Å². The van der Waals surface area contributed by atoms with Crippen LogP contribution in [0.5, 0.6) is 0 Å². The van der Waals surface area contributed by atoms with E-state index in [0.29, 0.717) is 6.41 Å². The molecular weight excluding hydrogens is 192 g/mol. The normalized spacial score (nSPS) is 18.9. The third-order valence-electron chi connectivity index (χ3n) is 2.67. The van der Waals surface area contributed by atoms with Crippen molar-refractivity contribution in [3.05, 3.63) is 29.3 Å². The molecule has 1 heterocycles. The number of hydrogen-bond acceptors (Lipinski definition) is 2. The van der Waals surface area contributed by atoms with Gasteiger partial charge in [0, 0.05) is 18.3 Å². The second-order valence-electron chi connectivity index (χ2n) is 3.68. The summed E-state index contributed by atoms with van der Waals surface area (Å²) in [6.07, 6.45) is 0.563. The second-order valence-corrected chi connectivity index (χ2v) is 3.68. The molecule has 1 aliphatic heterocycles. The van der Waals surface area contributed by atoms with Gasteiger partial charge in [-0.3, -0.25) is 9.59 Å². The van der Waals surface area contributed by atoms with Crippen LogP contribution in [0, 0.1) is 6.92 Å². The molecule has 1 aliphatic rings. The largest absolute Gasteiger partial charge is 0.343 e. The maximum absolute atomic E-state index is 11.8. The number of nitrogens with zero attached hydrogens (tertiary/aromatic N) is 1. The van der Waals surface area contributed by atoms with Crippen molar-refractivity contribution >= 4 is 18.0 Å². The van der Waals surface area contributed by atoms with E-state index >= 15 is 0 Å². The van der Waals surface area contributed by atoms with Crippen LogP contribution in [0.2, 0.25) is 0 Å². The third kappa shape index (κ3) is 1.38. The molecule has 0 aliphatic carbocycles. The molecule has 2 rings (SSSR count). The lowest BCUT2D eigenvalue weighted by molar-refractivity contribution is -0.122. The molecule has 0 saturated carbocycles. The summed E-state index contributed by atoms with van der Waals surface area (Å²) in [6, 6.07) is 5.25. The molecule has 0 radical (unpaired) electrons. The van der Waals surface area contributed by atoms with Gasteiger partial charge in [0.25, 0.3) is 5.91 Å². The second kappa shape index (κ2) is 3.38. The summed E-state index contributed by atoms with van der Waals surface area (Å²) in [5.74, 6) is -0.0947. The van der Waals surface area contributed by atoms with E-state index in [1.165, 1.54) is 0 Å². The van der Waals surface area contributed by atoms with Crippen LogP contribution < -0.4 is 10.2 Å². The highest BCUT2D eigenvalue weighted by molar-refractivity contribution is 6.05. The molecule has 15 heavy (non-hydrogen) atoms. The Kier molecular flexibility index (Phi) is 2.19. The van der Waals surface area contributed by atoms with Crippen molar-refractivity contribution in [3.8, 4) is 0 Å². The molecule has 1 aromatic rings. The fraction of sp³-hybridized carbons (Fsp3) is 0.273. The maximum Gasteiger partial charge on any atom is 0.254 e. The summed E-state index contributed by atoms with van der Waals surface area (Å²) < 4.78 is 0. The first-order valence-electron chi connectivity index (χ1n) is 4.73. The summed E-state index contributed by atoms with van der Waals surface area (Å²) in [7, 11) is 1.71. The Morgan fingerprint density at radius 3 is 2.87 bits per heavy atom. The van der Waals surface area contributed by atoms with E-state index in [-0.39, 0.29) is 5.91 Å². The molecule has 0 bridgehead atoms. The summed E-state index contributed by atoms with van der Waals surface area (Å²) in [5, 5.41) is 2.54. The number of fused-ring (bicyclic) bond motifs is 1. The lowest BCUT2D eigenvalue weighted by Gasteiger charge is -2.09. The molecule has 0 spiro atoms. The first-order chi connectivity index (χ1) is 7.15. The highest BCUT2D eigenvalue weighted by Gasteiger charge is 2.34. The van der Waals surface area contributed by atoms with E-state index in [9.17, 15) is 9.59 Å². The SMILES string of the molecule is Cc1ccc2c(c1)C(NC=O)C(=O)N2C. The van der Waals surface area contributed by atoms with E-state index in [2.05, 4.69) is 5.32 Å². The van der Waals surface area contributed by atoms with Gasteiger partial charge in [0.15, 0.2) is 0 Å². The number of carbonyl (C=O) groups excluding carboxylic acids is 2. The molecule has 4 heteroatoms. The van der Waals surface area contributed by atoms with Gasteiger partial charge in [-0.25, -0.2) is 0 Å². The van der Waals surface area contributed by atoms with E-state index in [1.54, 1.807) is 11.9 Å². The third-order valence-corrected chi connectivity index (χ3v) is 2.67. The van der Waals surface area contributed by atoms with Crippen LogP contribution in [-0.4, -0.2) is 19.4 Å². The summed E-state index contributed by atoms with van der Waals surface area (Å²) in [6.45, 7) is 1.96. The summed E-state index contributed by atoms with van der Waals surface area (Å²) >= 11 is 0. The molecule has 1 aromatic carbocycles.